The first-order chi connectivity index (χ1) is 6.68. The Kier molecular flexibility index (Phi) is 2.88. The zero-order chi connectivity index (χ0) is 10.2. The van der Waals surface area contributed by atoms with Gasteiger partial charge in [-0.25, -0.2) is 0 Å². The largest absolute Gasteiger partial charge is 0.316 e. The third-order valence-corrected chi connectivity index (χ3v) is 4.76. The van der Waals surface area contributed by atoms with E-state index >= 15 is 0 Å². The van der Waals surface area contributed by atoms with Gasteiger partial charge in [-0.3, -0.25) is 0 Å². The molecule has 0 bridgehead atoms. The third kappa shape index (κ3) is 1.71. The Morgan fingerprint density at radius 3 is 2.71 bits per heavy atom. The molecule has 14 heavy (non-hydrogen) atoms. The highest BCUT2D eigenvalue weighted by molar-refractivity contribution is 5.01. The predicted molar refractivity (Wildman–Crippen MR) is 61.3 cm³/mol. The molecule has 82 valence electrons. The van der Waals surface area contributed by atoms with Crippen molar-refractivity contribution in [2.75, 3.05) is 13.1 Å². The van der Waals surface area contributed by atoms with Gasteiger partial charge in [0.15, 0.2) is 0 Å². The van der Waals surface area contributed by atoms with E-state index in [0.717, 1.165) is 17.8 Å². The lowest BCUT2D eigenvalue weighted by atomic mass is 9.66. The van der Waals surface area contributed by atoms with Crippen LogP contribution in [0.5, 0.6) is 0 Å². The van der Waals surface area contributed by atoms with Crippen LogP contribution in [0, 0.1) is 23.2 Å². The summed E-state index contributed by atoms with van der Waals surface area (Å²) in [6, 6.07) is 0. The molecule has 0 aromatic carbocycles. The fourth-order valence-corrected chi connectivity index (χ4v) is 3.58. The molecule has 2 fully saturated rings. The second kappa shape index (κ2) is 3.84. The van der Waals surface area contributed by atoms with Gasteiger partial charge in [0.1, 0.15) is 0 Å². The zero-order valence-electron chi connectivity index (χ0n) is 9.97. The van der Waals surface area contributed by atoms with E-state index in [1.807, 2.05) is 0 Å². The van der Waals surface area contributed by atoms with E-state index in [9.17, 15) is 0 Å². The summed E-state index contributed by atoms with van der Waals surface area (Å²) in [6.45, 7) is 9.84. The van der Waals surface area contributed by atoms with Crippen LogP contribution in [0.15, 0.2) is 0 Å². The van der Waals surface area contributed by atoms with Crippen LogP contribution in [-0.2, 0) is 0 Å². The van der Waals surface area contributed by atoms with Crippen molar-refractivity contribution in [3.63, 3.8) is 0 Å². The van der Waals surface area contributed by atoms with Gasteiger partial charge >= 0.3 is 0 Å². The molecule has 1 saturated heterocycles. The van der Waals surface area contributed by atoms with Gasteiger partial charge in [0.25, 0.3) is 0 Å². The van der Waals surface area contributed by atoms with E-state index in [2.05, 4.69) is 26.1 Å². The average molecular weight is 195 g/mol. The van der Waals surface area contributed by atoms with E-state index < -0.39 is 0 Å². The van der Waals surface area contributed by atoms with E-state index in [0.29, 0.717) is 5.41 Å². The highest BCUT2D eigenvalue weighted by atomic mass is 14.9. The molecule has 1 nitrogen and oxygen atoms in total. The van der Waals surface area contributed by atoms with Crippen molar-refractivity contribution >= 4 is 0 Å². The van der Waals surface area contributed by atoms with E-state index in [-0.39, 0.29) is 0 Å². The molecule has 1 aliphatic heterocycles. The second-order valence-corrected chi connectivity index (χ2v) is 5.77. The predicted octanol–water partition coefficient (Wildman–Crippen LogP) is 3.06. The maximum atomic E-state index is 3.57. The molecule has 1 saturated carbocycles. The van der Waals surface area contributed by atoms with Gasteiger partial charge in [-0.1, -0.05) is 27.2 Å². The molecular weight excluding hydrogens is 170 g/mol. The van der Waals surface area contributed by atoms with Crippen LogP contribution in [0.3, 0.4) is 0 Å². The highest BCUT2D eigenvalue weighted by Gasteiger charge is 2.51. The molecule has 0 radical (unpaired) electrons. The summed E-state index contributed by atoms with van der Waals surface area (Å²) in [4.78, 5) is 0. The van der Waals surface area contributed by atoms with Crippen LogP contribution in [0.25, 0.3) is 0 Å². The quantitative estimate of drug-likeness (QED) is 0.730. The number of nitrogens with one attached hydrogen (secondary N) is 1. The first-order valence-electron chi connectivity index (χ1n) is 6.39. The zero-order valence-corrected chi connectivity index (χ0v) is 9.97. The molecule has 2 rings (SSSR count). The van der Waals surface area contributed by atoms with Crippen LogP contribution in [-0.4, -0.2) is 13.1 Å². The monoisotopic (exact) mass is 195 g/mol. The van der Waals surface area contributed by atoms with Crippen LogP contribution in [0.4, 0.5) is 0 Å². The standard InChI is InChI=1S/C13H25N/c1-4-5-11-9-14-7-6-13(11,3)12-8-10(12)2/h10-12,14H,4-9H2,1-3H3. The second-order valence-electron chi connectivity index (χ2n) is 5.77. The van der Waals surface area contributed by atoms with Crippen molar-refractivity contribution in [3.05, 3.63) is 0 Å². The first-order valence-corrected chi connectivity index (χ1v) is 6.39. The number of piperidine rings is 1. The Labute approximate surface area is 88.7 Å². The Balaban J connectivity index is 2.04. The summed E-state index contributed by atoms with van der Waals surface area (Å²) in [6.07, 6.45) is 5.68. The normalized spacial score (nSPS) is 47.8. The summed E-state index contributed by atoms with van der Waals surface area (Å²) in [5, 5.41) is 3.57. The Hall–Kier alpha value is -0.0400. The highest BCUT2D eigenvalue weighted by Crippen LogP contribution is 2.57. The number of hydrogen-bond donors (Lipinski definition) is 1. The van der Waals surface area contributed by atoms with Crippen LogP contribution >= 0.6 is 0 Å². The van der Waals surface area contributed by atoms with Gasteiger partial charge in [0.2, 0.25) is 0 Å². The van der Waals surface area contributed by atoms with Gasteiger partial charge in [-0.2, -0.15) is 0 Å². The summed E-state index contributed by atoms with van der Waals surface area (Å²) in [5.41, 5.74) is 0.667. The van der Waals surface area contributed by atoms with E-state index in [1.54, 1.807) is 0 Å². The molecule has 0 spiro atoms. The molecule has 0 aromatic rings. The van der Waals surface area contributed by atoms with Crippen molar-refractivity contribution in [3.8, 4) is 0 Å². The molecule has 2 aliphatic rings. The molecule has 1 heterocycles. The minimum absolute atomic E-state index is 0.667. The van der Waals surface area contributed by atoms with Crippen molar-refractivity contribution < 1.29 is 0 Å². The Morgan fingerprint density at radius 2 is 2.14 bits per heavy atom. The topological polar surface area (TPSA) is 12.0 Å². The first kappa shape index (κ1) is 10.5. The van der Waals surface area contributed by atoms with Gasteiger partial charge in [-0.05, 0) is 55.5 Å². The Morgan fingerprint density at radius 1 is 1.43 bits per heavy atom. The van der Waals surface area contributed by atoms with Crippen molar-refractivity contribution in [2.24, 2.45) is 23.2 Å². The summed E-state index contributed by atoms with van der Waals surface area (Å²) in [5.74, 6) is 3.00. The minimum atomic E-state index is 0.667. The van der Waals surface area contributed by atoms with Crippen molar-refractivity contribution in [2.45, 2.75) is 46.5 Å². The van der Waals surface area contributed by atoms with E-state index in [1.165, 1.54) is 38.8 Å². The lowest BCUT2D eigenvalue weighted by Crippen LogP contribution is -2.45. The fraction of sp³-hybridized carbons (Fsp3) is 1.00. The molecule has 0 amide bonds. The molecule has 1 heteroatoms. The van der Waals surface area contributed by atoms with Gasteiger partial charge in [0, 0.05) is 0 Å². The minimum Gasteiger partial charge on any atom is -0.316 e. The molecule has 1 aliphatic carbocycles. The average Bonchev–Trinajstić information content (AvgIpc) is 2.88. The van der Waals surface area contributed by atoms with Gasteiger partial charge < -0.3 is 5.32 Å². The van der Waals surface area contributed by atoms with Crippen LogP contribution in [0.2, 0.25) is 0 Å². The maximum absolute atomic E-state index is 3.57. The molecule has 1 N–H and O–H groups in total. The number of hydrogen-bond acceptors (Lipinski definition) is 1. The van der Waals surface area contributed by atoms with Crippen molar-refractivity contribution in [1.82, 2.24) is 5.32 Å². The maximum Gasteiger partial charge on any atom is -0.00152 e. The van der Waals surface area contributed by atoms with Gasteiger partial charge in [0.05, 0.1) is 0 Å². The lowest BCUT2D eigenvalue weighted by molar-refractivity contribution is 0.0879. The van der Waals surface area contributed by atoms with Gasteiger partial charge in [-0.15, -0.1) is 0 Å². The third-order valence-electron chi connectivity index (χ3n) is 4.76. The molecular formula is C13H25N. The SMILES string of the molecule is CCCC1CNCCC1(C)C1CC1C. The lowest BCUT2D eigenvalue weighted by Gasteiger charge is -2.43. The summed E-state index contributed by atoms with van der Waals surface area (Å²) in [7, 11) is 0. The molecule has 0 aromatic heterocycles. The molecule has 4 atom stereocenters. The fourth-order valence-electron chi connectivity index (χ4n) is 3.58. The summed E-state index contributed by atoms with van der Waals surface area (Å²) < 4.78 is 0. The number of rotatable bonds is 3. The van der Waals surface area contributed by atoms with Crippen LogP contribution in [0.1, 0.15) is 46.5 Å². The van der Waals surface area contributed by atoms with E-state index in [4.69, 9.17) is 0 Å². The summed E-state index contributed by atoms with van der Waals surface area (Å²) >= 11 is 0. The smallest absolute Gasteiger partial charge is 0.00152 e. The molecule has 4 unspecified atom stereocenters. The Bertz CT molecular complexity index is 199. The van der Waals surface area contributed by atoms with Crippen LogP contribution < -0.4 is 5.32 Å². The van der Waals surface area contributed by atoms with Crippen molar-refractivity contribution in [1.29, 1.82) is 0 Å².